The van der Waals surface area contributed by atoms with Gasteiger partial charge in [0.15, 0.2) is 5.78 Å². The number of carbonyl (C=O) groups is 1. The van der Waals surface area contributed by atoms with Gasteiger partial charge in [0, 0.05) is 21.7 Å². The highest BCUT2D eigenvalue weighted by Crippen LogP contribution is 2.39. The van der Waals surface area contributed by atoms with Crippen LogP contribution in [0.5, 0.6) is 0 Å². The molecule has 0 atom stereocenters. The molecule has 0 saturated heterocycles. The highest BCUT2D eigenvalue weighted by molar-refractivity contribution is 6.32. The molecular formula is C13H6ClFO. The largest absolute Gasteiger partial charge is 0.289 e. The first kappa shape index (κ1) is 9.55. The lowest BCUT2D eigenvalue weighted by molar-refractivity contribution is 0.104. The Bertz CT molecular complexity index is 619. The number of rotatable bonds is 0. The average molecular weight is 233 g/mol. The maximum atomic E-state index is 13.7. The predicted octanol–water partition coefficient (Wildman–Crippen LogP) is 3.69. The lowest BCUT2D eigenvalue weighted by Crippen LogP contribution is -1.94. The van der Waals surface area contributed by atoms with Gasteiger partial charge in [-0.15, -0.1) is 0 Å². The van der Waals surface area contributed by atoms with Crippen LogP contribution in [0.1, 0.15) is 15.9 Å². The lowest BCUT2D eigenvalue weighted by atomic mass is 10.1. The van der Waals surface area contributed by atoms with Crippen molar-refractivity contribution in [3.63, 3.8) is 0 Å². The Morgan fingerprint density at radius 2 is 1.81 bits per heavy atom. The zero-order chi connectivity index (χ0) is 11.3. The van der Waals surface area contributed by atoms with E-state index in [1.807, 2.05) is 0 Å². The van der Waals surface area contributed by atoms with E-state index in [0.717, 1.165) is 0 Å². The Balaban J connectivity index is 2.41. The summed E-state index contributed by atoms with van der Waals surface area (Å²) in [5, 5.41) is 0.486. The zero-order valence-electron chi connectivity index (χ0n) is 8.13. The van der Waals surface area contributed by atoms with Gasteiger partial charge in [0.1, 0.15) is 5.82 Å². The predicted molar refractivity (Wildman–Crippen MR) is 60.3 cm³/mol. The van der Waals surface area contributed by atoms with Crippen LogP contribution in [-0.4, -0.2) is 5.78 Å². The molecular weight excluding hydrogens is 227 g/mol. The van der Waals surface area contributed by atoms with E-state index in [0.29, 0.717) is 27.3 Å². The van der Waals surface area contributed by atoms with Gasteiger partial charge in [-0.2, -0.15) is 0 Å². The van der Waals surface area contributed by atoms with Crippen molar-refractivity contribution in [3.05, 3.63) is 58.4 Å². The van der Waals surface area contributed by atoms with Crippen molar-refractivity contribution in [1.29, 1.82) is 0 Å². The molecule has 0 saturated carbocycles. The molecule has 0 aromatic heterocycles. The minimum absolute atomic E-state index is 0.160. The van der Waals surface area contributed by atoms with E-state index < -0.39 is 0 Å². The van der Waals surface area contributed by atoms with E-state index in [9.17, 15) is 9.18 Å². The molecule has 0 amide bonds. The van der Waals surface area contributed by atoms with E-state index in [1.54, 1.807) is 30.3 Å². The van der Waals surface area contributed by atoms with Crippen molar-refractivity contribution in [2.45, 2.75) is 0 Å². The Hall–Kier alpha value is -1.67. The molecule has 3 heteroatoms. The molecule has 0 fully saturated rings. The van der Waals surface area contributed by atoms with Gasteiger partial charge in [0.25, 0.3) is 0 Å². The van der Waals surface area contributed by atoms with Crippen LogP contribution >= 0.6 is 11.6 Å². The van der Waals surface area contributed by atoms with Crippen LogP contribution in [0.3, 0.4) is 0 Å². The fourth-order valence-electron chi connectivity index (χ4n) is 2.05. The van der Waals surface area contributed by atoms with Gasteiger partial charge < -0.3 is 0 Å². The molecule has 0 aliphatic heterocycles. The normalized spacial score (nSPS) is 12.5. The van der Waals surface area contributed by atoms with Crippen molar-refractivity contribution in [2.75, 3.05) is 0 Å². The summed E-state index contributed by atoms with van der Waals surface area (Å²) in [6.07, 6.45) is 0. The molecule has 16 heavy (non-hydrogen) atoms. The lowest BCUT2D eigenvalue weighted by Gasteiger charge is -2.00. The number of benzene rings is 2. The van der Waals surface area contributed by atoms with Gasteiger partial charge in [-0.05, 0) is 23.8 Å². The van der Waals surface area contributed by atoms with Gasteiger partial charge in [-0.1, -0.05) is 29.8 Å². The van der Waals surface area contributed by atoms with Gasteiger partial charge in [0.2, 0.25) is 0 Å². The third-order valence-corrected chi connectivity index (χ3v) is 2.99. The van der Waals surface area contributed by atoms with Crippen LogP contribution in [-0.2, 0) is 0 Å². The van der Waals surface area contributed by atoms with Gasteiger partial charge in [0.05, 0.1) is 0 Å². The second-order valence-corrected chi connectivity index (χ2v) is 4.12. The number of ketones is 1. The van der Waals surface area contributed by atoms with Gasteiger partial charge in [-0.25, -0.2) is 4.39 Å². The fraction of sp³-hybridized carbons (Fsp3) is 0. The SMILES string of the molecule is O=C1c2cc(Cl)ccc2-c2c(F)cccc21. The molecule has 1 nitrogen and oxygen atoms in total. The smallest absolute Gasteiger partial charge is 0.194 e. The summed E-state index contributed by atoms with van der Waals surface area (Å²) in [4.78, 5) is 12.0. The van der Waals surface area contributed by atoms with Crippen LogP contribution in [0.2, 0.25) is 5.02 Å². The molecule has 0 unspecified atom stereocenters. The molecule has 0 N–H and O–H groups in total. The van der Waals surface area contributed by atoms with Crippen LogP contribution < -0.4 is 0 Å². The van der Waals surface area contributed by atoms with E-state index in [4.69, 9.17) is 11.6 Å². The number of carbonyl (C=O) groups excluding carboxylic acids is 1. The van der Waals surface area contributed by atoms with Crippen molar-refractivity contribution in [2.24, 2.45) is 0 Å². The monoisotopic (exact) mass is 232 g/mol. The summed E-state index contributed by atoms with van der Waals surface area (Å²) in [5.41, 5.74) is 1.91. The topological polar surface area (TPSA) is 17.1 Å². The summed E-state index contributed by atoms with van der Waals surface area (Å²) >= 11 is 5.83. The second kappa shape index (κ2) is 3.16. The molecule has 2 aromatic rings. The van der Waals surface area contributed by atoms with E-state index in [1.165, 1.54) is 6.07 Å². The standard InChI is InChI=1S/C13H6ClFO/c14-7-4-5-8-10(6-7)13(16)9-2-1-3-11(15)12(8)9/h1-6H. The zero-order valence-corrected chi connectivity index (χ0v) is 8.88. The second-order valence-electron chi connectivity index (χ2n) is 3.68. The Labute approximate surface area is 96.5 Å². The first-order valence-corrected chi connectivity index (χ1v) is 5.19. The van der Waals surface area contributed by atoms with Gasteiger partial charge in [-0.3, -0.25) is 4.79 Å². The molecule has 78 valence electrons. The average Bonchev–Trinajstić information content (AvgIpc) is 2.55. The quantitative estimate of drug-likeness (QED) is 0.578. The highest BCUT2D eigenvalue weighted by Gasteiger charge is 2.28. The minimum Gasteiger partial charge on any atom is -0.289 e. The van der Waals surface area contributed by atoms with Crippen LogP contribution in [0.25, 0.3) is 11.1 Å². The van der Waals surface area contributed by atoms with Crippen molar-refractivity contribution in [3.8, 4) is 11.1 Å². The summed E-state index contributed by atoms with van der Waals surface area (Å²) in [6.45, 7) is 0. The maximum Gasteiger partial charge on any atom is 0.194 e. The number of halogens is 2. The van der Waals surface area contributed by atoms with Crippen molar-refractivity contribution < 1.29 is 9.18 Å². The summed E-state index contributed by atoms with van der Waals surface area (Å²) in [7, 11) is 0. The van der Waals surface area contributed by atoms with Crippen molar-refractivity contribution in [1.82, 2.24) is 0 Å². The Kier molecular flexibility index (Phi) is 1.88. The molecule has 0 radical (unpaired) electrons. The first-order valence-electron chi connectivity index (χ1n) is 4.81. The molecule has 2 aromatic carbocycles. The molecule has 1 aliphatic carbocycles. The molecule has 3 rings (SSSR count). The summed E-state index contributed by atoms with van der Waals surface area (Å²) in [5.74, 6) is -0.529. The Morgan fingerprint density at radius 1 is 1.00 bits per heavy atom. The first-order chi connectivity index (χ1) is 7.68. The molecule has 0 heterocycles. The number of fused-ring (bicyclic) bond motifs is 3. The highest BCUT2D eigenvalue weighted by atomic mass is 35.5. The van der Waals surface area contributed by atoms with E-state index in [2.05, 4.69) is 0 Å². The Morgan fingerprint density at radius 3 is 2.62 bits per heavy atom. The third kappa shape index (κ3) is 1.14. The van der Waals surface area contributed by atoms with Crippen molar-refractivity contribution >= 4 is 17.4 Å². The van der Waals surface area contributed by atoms with Crippen LogP contribution in [0, 0.1) is 5.82 Å². The van der Waals surface area contributed by atoms with Gasteiger partial charge >= 0.3 is 0 Å². The van der Waals surface area contributed by atoms with Crippen LogP contribution in [0.4, 0.5) is 4.39 Å². The fourth-order valence-corrected chi connectivity index (χ4v) is 2.23. The third-order valence-electron chi connectivity index (χ3n) is 2.75. The number of hydrogen-bond acceptors (Lipinski definition) is 1. The number of hydrogen-bond donors (Lipinski definition) is 0. The van der Waals surface area contributed by atoms with E-state index in [-0.39, 0.29) is 11.6 Å². The summed E-state index contributed by atoms with van der Waals surface area (Å²) < 4.78 is 13.7. The molecule has 1 aliphatic rings. The van der Waals surface area contributed by atoms with E-state index >= 15 is 0 Å². The molecule has 0 bridgehead atoms. The van der Waals surface area contributed by atoms with Crippen LogP contribution in [0.15, 0.2) is 36.4 Å². The maximum absolute atomic E-state index is 13.7. The summed E-state index contributed by atoms with van der Waals surface area (Å²) in [6, 6.07) is 9.46. The molecule has 0 spiro atoms. The minimum atomic E-state index is -0.369.